The lowest BCUT2D eigenvalue weighted by Crippen LogP contribution is -2.30. The highest BCUT2D eigenvalue weighted by atomic mass is 16.6. The molecule has 0 aromatic rings. The molecule has 6 heteroatoms. The molecule has 0 amide bonds. The molecule has 0 rings (SSSR count). The Labute approximate surface area is 429 Å². The SMILES string of the molecule is CC/C=C\C/C=C\C/C=C\CCCCCCCC(=O)OC(COC(=O)CCCCCCCCCCCC)COC(=O)CCCCCCCCCCCCCCCCCCCCCCCCCCCC. The molecular formula is C63H116O6. The number of hydrogen-bond acceptors (Lipinski definition) is 6. The Morgan fingerprint density at radius 3 is 0.884 bits per heavy atom. The molecule has 404 valence electrons. The smallest absolute Gasteiger partial charge is 0.306 e. The predicted molar refractivity (Wildman–Crippen MR) is 298 cm³/mol. The molecule has 0 fully saturated rings. The molecule has 0 saturated carbocycles. The molecule has 0 aliphatic rings. The molecule has 0 radical (unpaired) electrons. The van der Waals surface area contributed by atoms with Crippen molar-refractivity contribution in [2.24, 2.45) is 0 Å². The van der Waals surface area contributed by atoms with E-state index in [9.17, 15) is 14.4 Å². The van der Waals surface area contributed by atoms with Crippen LogP contribution in [0.4, 0.5) is 0 Å². The van der Waals surface area contributed by atoms with E-state index in [-0.39, 0.29) is 31.1 Å². The Morgan fingerprint density at radius 2 is 0.565 bits per heavy atom. The van der Waals surface area contributed by atoms with Crippen LogP contribution in [0.2, 0.25) is 0 Å². The van der Waals surface area contributed by atoms with E-state index < -0.39 is 6.10 Å². The molecule has 0 aromatic carbocycles. The van der Waals surface area contributed by atoms with Crippen molar-refractivity contribution in [1.29, 1.82) is 0 Å². The quantitative estimate of drug-likeness (QED) is 0.0261. The number of rotatable bonds is 56. The lowest BCUT2D eigenvalue weighted by atomic mass is 10.0. The Kier molecular flexibility index (Phi) is 56.2. The van der Waals surface area contributed by atoms with Gasteiger partial charge in [0, 0.05) is 19.3 Å². The number of hydrogen-bond donors (Lipinski definition) is 0. The van der Waals surface area contributed by atoms with Gasteiger partial charge in [0.2, 0.25) is 0 Å². The zero-order valence-electron chi connectivity index (χ0n) is 46.3. The summed E-state index contributed by atoms with van der Waals surface area (Å²) in [5.41, 5.74) is 0. The van der Waals surface area contributed by atoms with Crippen LogP contribution < -0.4 is 0 Å². The summed E-state index contributed by atoms with van der Waals surface area (Å²) < 4.78 is 16.8. The third kappa shape index (κ3) is 56.4. The second-order valence-electron chi connectivity index (χ2n) is 20.6. The molecule has 0 aliphatic carbocycles. The Balaban J connectivity index is 4.15. The molecule has 0 aromatic heterocycles. The number of carbonyl (C=O) groups is 3. The first kappa shape index (κ1) is 66.6. The van der Waals surface area contributed by atoms with Crippen LogP contribution in [0.15, 0.2) is 36.5 Å². The van der Waals surface area contributed by atoms with Crippen LogP contribution in [-0.2, 0) is 28.6 Å². The Morgan fingerprint density at radius 1 is 0.304 bits per heavy atom. The topological polar surface area (TPSA) is 78.9 Å². The number of ether oxygens (including phenoxy) is 3. The molecule has 0 spiro atoms. The maximum absolute atomic E-state index is 12.8. The van der Waals surface area contributed by atoms with Gasteiger partial charge in [-0.2, -0.15) is 0 Å². The molecule has 6 nitrogen and oxygen atoms in total. The van der Waals surface area contributed by atoms with Crippen molar-refractivity contribution in [3.63, 3.8) is 0 Å². The zero-order valence-corrected chi connectivity index (χ0v) is 46.3. The molecule has 0 heterocycles. The molecule has 1 atom stereocenters. The molecule has 69 heavy (non-hydrogen) atoms. The van der Waals surface area contributed by atoms with Gasteiger partial charge >= 0.3 is 17.9 Å². The zero-order chi connectivity index (χ0) is 50.0. The number of esters is 3. The average molecular weight is 970 g/mol. The molecule has 0 saturated heterocycles. The highest BCUT2D eigenvalue weighted by molar-refractivity contribution is 5.71. The average Bonchev–Trinajstić information content (AvgIpc) is 3.35. The summed E-state index contributed by atoms with van der Waals surface area (Å²) in [6.45, 7) is 6.55. The van der Waals surface area contributed by atoms with Crippen LogP contribution in [0, 0.1) is 0 Å². The predicted octanol–water partition coefficient (Wildman–Crippen LogP) is 20.4. The van der Waals surface area contributed by atoms with Gasteiger partial charge in [-0.3, -0.25) is 14.4 Å². The summed E-state index contributed by atoms with van der Waals surface area (Å²) in [6, 6.07) is 0. The van der Waals surface area contributed by atoms with Crippen molar-refractivity contribution in [2.75, 3.05) is 13.2 Å². The van der Waals surface area contributed by atoms with Gasteiger partial charge in [-0.1, -0.05) is 295 Å². The fourth-order valence-corrected chi connectivity index (χ4v) is 9.11. The second kappa shape index (κ2) is 58.2. The van der Waals surface area contributed by atoms with Gasteiger partial charge in [-0.25, -0.2) is 0 Å². The fourth-order valence-electron chi connectivity index (χ4n) is 9.11. The minimum absolute atomic E-state index is 0.0746. The highest BCUT2D eigenvalue weighted by Crippen LogP contribution is 2.18. The van der Waals surface area contributed by atoms with Crippen molar-refractivity contribution in [3.05, 3.63) is 36.5 Å². The molecule has 0 bridgehead atoms. The van der Waals surface area contributed by atoms with E-state index >= 15 is 0 Å². The van der Waals surface area contributed by atoms with Crippen LogP contribution in [0.5, 0.6) is 0 Å². The van der Waals surface area contributed by atoms with Crippen LogP contribution in [0.25, 0.3) is 0 Å². The van der Waals surface area contributed by atoms with E-state index in [2.05, 4.69) is 57.2 Å². The number of unbranched alkanes of at least 4 members (excludes halogenated alkanes) is 39. The van der Waals surface area contributed by atoms with Crippen molar-refractivity contribution < 1.29 is 28.6 Å². The normalized spacial score (nSPS) is 12.2. The van der Waals surface area contributed by atoms with E-state index in [0.29, 0.717) is 19.3 Å². The molecule has 0 aliphatic heterocycles. The first-order valence-corrected chi connectivity index (χ1v) is 30.5. The number of carbonyl (C=O) groups excluding carboxylic acids is 3. The Bertz CT molecular complexity index is 1160. The van der Waals surface area contributed by atoms with Gasteiger partial charge < -0.3 is 14.2 Å². The van der Waals surface area contributed by atoms with E-state index in [4.69, 9.17) is 14.2 Å². The van der Waals surface area contributed by atoms with Crippen molar-refractivity contribution in [2.45, 2.75) is 335 Å². The van der Waals surface area contributed by atoms with E-state index in [1.54, 1.807) is 0 Å². The summed E-state index contributed by atoms with van der Waals surface area (Å²) in [5.74, 6) is -0.875. The molecular weight excluding hydrogens is 853 g/mol. The minimum atomic E-state index is -0.776. The monoisotopic (exact) mass is 969 g/mol. The van der Waals surface area contributed by atoms with Gasteiger partial charge in [-0.05, 0) is 51.4 Å². The van der Waals surface area contributed by atoms with Gasteiger partial charge in [0.05, 0.1) is 0 Å². The fraction of sp³-hybridized carbons (Fsp3) is 0.857. The van der Waals surface area contributed by atoms with Gasteiger partial charge in [0.1, 0.15) is 13.2 Å². The van der Waals surface area contributed by atoms with E-state index in [1.165, 1.54) is 193 Å². The highest BCUT2D eigenvalue weighted by Gasteiger charge is 2.19. The first-order chi connectivity index (χ1) is 34.0. The van der Waals surface area contributed by atoms with E-state index in [1.807, 2.05) is 0 Å². The van der Waals surface area contributed by atoms with Gasteiger partial charge in [0.25, 0.3) is 0 Å². The summed E-state index contributed by atoms with van der Waals surface area (Å²) >= 11 is 0. The Hall–Kier alpha value is -2.37. The standard InChI is InChI=1S/C63H116O6/c1-4-7-10-13-16-19-22-24-26-27-28-29-30-31-32-33-34-35-36-38-39-41-44-47-50-53-56-62(65)68-59-60(58-67-61(64)55-52-49-46-43-21-18-15-12-9-6-3)69-63(66)57-54-51-48-45-42-40-37-25-23-20-17-14-11-8-5-2/h8,11,17,20,25,37,60H,4-7,9-10,12-16,18-19,21-24,26-36,38-59H2,1-3H3/b11-8-,20-17-,37-25-. The molecule has 1 unspecified atom stereocenters. The maximum atomic E-state index is 12.8. The lowest BCUT2D eigenvalue weighted by Gasteiger charge is -2.18. The van der Waals surface area contributed by atoms with Crippen LogP contribution in [0.3, 0.4) is 0 Å². The van der Waals surface area contributed by atoms with Crippen LogP contribution >= 0.6 is 0 Å². The van der Waals surface area contributed by atoms with Crippen molar-refractivity contribution >= 4 is 17.9 Å². The number of allylic oxidation sites excluding steroid dienone is 6. The summed E-state index contributed by atoms with van der Waals surface area (Å²) in [6.07, 6.45) is 70.2. The summed E-state index contributed by atoms with van der Waals surface area (Å²) in [4.78, 5) is 38.1. The van der Waals surface area contributed by atoms with Crippen molar-refractivity contribution in [3.8, 4) is 0 Å². The van der Waals surface area contributed by atoms with E-state index in [0.717, 1.165) is 96.3 Å². The lowest BCUT2D eigenvalue weighted by molar-refractivity contribution is -0.167. The first-order valence-electron chi connectivity index (χ1n) is 30.5. The van der Waals surface area contributed by atoms with Crippen molar-refractivity contribution in [1.82, 2.24) is 0 Å². The van der Waals surface area contributed by atoms with Gasteiger partial charge in [0.15, 0.2) is 6.10 Å². The molecule has 0 N–H and O–H groups in total. The summed E-state index contributed by atoms with van der Waals surface area (Å²) in [7, 11) is 0. The minimum Gasteiger partial charge on any atom is -0.462 e. The van der Waals surface area contributed by atoms with Crippen LogP contribution in [0.1, 0.15) is 329 Å². The third-order valence-electron chi connectivity index (χ3n) is 13.7. The summed E-state index contributed by atoms with van der Waals surface area (Å²) in [5, 5.41) is 0. The largest absolute Gasteiger partial charge is 0.462 e. The third-order valence-corrected chi connectivity index (χ3v) is 13.7. The maximum Gasteiger partial charge on any atom is 0.306 e. The second-order valence-corrected chi connectivity index (χ2v) is 20.6. The van der Waals surface area contributed by atoms with Gasteiger partial charge in [-0.15, -0.1) is 0 Å². The van der Waals surface area contributed by atoms with Crippen LogP contribution in [-0.4, -0.2) is 37.2 Å².